The Morgan fingerprint density at radius 3 is 2.50 bits per heavy atom. The normalized spacial score (nSPS) is 12.6. The Labute approximate surface area is 202 Å². The Bertz CT molecular complexity index is 1380. The molecule has 8 heteroatoms. The van der Waals surface area contributed by atoms with Crippen LogP contribution < -0.4 is 20.1 Å². The highest BCUT2D eigenvalue weighted by atomic mass is 32.1. The van der Waals surface area contributed by atoms with Gasteiger partial charge in [0.1, 0.15) is 18.7 Å². The first-order valence-electron chi connectivity index (χ1n) is 11.0. The van der Waals surface area contributed by atoms with Crippen LogP contribution in [0.3, 0.4) is 0 Å². The van der Waals surface area contributed by atoms with Gasteiger partial charge in [-0.05, 0) is 78.3 Å². The van der Waals surface area contributed by atoms with Gasteiger partial charge in [0, 0.05) is 16.8 Å². The topological polar surface area (TPSA) is 85.6 Å². The van der Waals surface area contributed by atoms with Crippen molar-refractivity contribution in [3.63, 3.8) is 0 Å². The Morgan fingerprint density at radius 2 is 1.74 bits per heavy atom. The zero-order valence-corrected chi connectivity index (χ0v) is 19.6. The Hall–Kier alpha value is -3.91. The van der Waals surface area contributed by atoms with E-state index in [0.29, 0.717) is 42.1 Å². The maximum atomic E-state index is 12.6. The summed E-state index contributed by atoms with van der Waals surface area (Å²) in [6.45, 7) is 5.25. The molecule has 0 spiro atoms. The van der Waals surface area contributed by atoms with E-state index < -0.39 is 0 Å². The van der Waals surface area contributed by atoms with E-state index in [2.05, 4.69) is 41.6 Å². The number of fused-ring (bicyclic) bond motifs is 2. The maximum Gasteiger partial charge on any atom is 0.257 e. The third kappa shape index (κ3) is 4.58. The first kappa shape index (κ1) is 21.9. The summed E-state index contributed by atoms with van der Waals surface area (Å²) >= 11 is 5.31. The summed E-state index contributed by atoms with van der Waals surface area (Å²) in [7, 11) is 0. The predicted octanol–water partition coefficient (Wildman–Crippen LogP) is 5.52. The molecule has 4 aromatic rings. The number of aromatic nitrogens is 1. The summed E-state index contributed by atoms with van der Waals surface area (Å²) in [6.07, 6.45) is 0. The molecule has 1 aliphatic heterocycles. The van der Waals surface area contributed by atoms with E-state index in [-0.39, 0.29) is 11.0 Å². The first-order chi connectivity index (χ1) is 16.5. The molecule has 0 fully saturated rings. The second-order valence-corrected chi connectivity index (χ2v) is 8.65. The Morgan fingerprint density at radius 1 is 0.971 bits per heavy atom. The maximum absolute atomic E-state index is 12.6. The van der Waals surface area contributed by atoms with Gasteiger partial charge in [0.2, 0.25) is 5.89 Å². The highest BCUT2D eigenvalue weighted by Gasteiger charge is 2.16. The van der Waals surface area contributed by atoms with Gasteiger partial charge in [-0.15, -0.1) is 0 Å². The zero-order valence-electron chi connectivity index (χ0n) is 18.8. The molecular weight excluding hydrogens is 450 g/mol. The van der Waals surface area contributed by atoms with Crippen LogP contribution >= 0.6 is 12.2 Å². The van der Waals surface area contributed by atoms with Gasteiger partial charge in [-0.2, -0.15) is 0 Å². The summed E-state index contributed by atoms with van der Waals surface area (Å²) in [5.74, 6) is 1.82. The molecule has 5 rings (SSSR count). The van der Waals surface area contributed by atoms with Gasteiger partial charge in [0.05, 0.1) is 0 Å². The van der Waals surface area contributed by atoms with Crippen LogP contribution in [0.1, 0.15) is 35.7 Å². The quantitative estimate of drug-likeness (QED) is 0.378. The van der Waals surface area contributed by atoms with Gasteiger partial charge in [-0.3, -0.25) is 10.1 Å². The van der Waals surface area contributed by atoms with Crippen LogP contribution in [0, 0.1) is 0 Å². The molecule has 172 valence electrons. The van der Waals surface area contributed by atoms with Crippen molar-refractivity contribution in [2.45, 2.75) is 19.8 Å². The number of nitrogens with one attached hydrogen (secondary N) is 2. The van der Waals surface area contributed by atoms with Gasteiger partial charge in [0.25, 0.3) is 5.91 Å². The number of amides is 1. The van der Waals surface area contributed by atoms with Crippen molar-refractivity contribution in [2.75, 3.05) is 18.5 Å². The van der Waals surface area contributed by atoms with Crippen molar-refractivity contribution in [2.24, 2.45) is 0 Å². The molecule has 1 aromatic heterocycles. The van der Waals surface area contributed by atoms with Crippen molar-refractivity contribution in [1.29, 1.82) is 0 Å². The van der Waals surface area contributed by atoms with Gasteiger partial charge >= 0.3 is 0 Å². The monoisotopic (exact) mass is 473 g/mol. The van der Waals surface area contributed by atoms with Crippen LogP contribution in [0.4, 0.5) is 5.69 Å². The van der Waals surface area contributed by atoms with E-state index in [0.717, 1.165) is 22.4 Å². The van der Waals surface area contributed by atoms with Crippen LogP contribution in [-0.4, -0.2) is 29.2 Å². The number of ether oxygens (including phenoxy) is 2. The molecule has 7 nitrogen and oxygen atoms in total. The highest BCUT2D eigenvalue weighted by molar-refractivity contribution is 7.80. The number of carbonyl (C=O) groups is 1. The minimum Gasteiger partial charge on any atom is -0.486 e. The molecule has 0 aliphatic carbocycles. The molecule has 3 aromatic carbocycles. The number of hydrogen-bond acceptors (Lipinski definition) is 6. The molecule has 0 saturated heterocycles. The summed E-state index contributed by atoms with van der Waals surface area (Å²) in [5, 5.41) is 5.90. The lowest BCUT2D eigenvalue weighted by Gasteiger charge is -2.18. The fourth-order valence-corrected chi connectivity index (χ4v) is 3.86. The SMILES string of the molecule is CC(C)c1ccc2oc(-c3ccc(NC(=S)NC(=O)c4ccc5c(c4)OCCO5)cc3)nc2c1. The molecular formula is C26H23N3O4S. The second kappa shape index (κ2) is 9.15. The number of carbonyl (C=O) groups excluding carboxylic acids is 1. The van der Waals surface area contributed by atoms with Crippen molar-refractivity contribution in [3.05, 3.63) is 71.8 Å². The molecule has 34 heavy (non-hydrogen) atoms. The van der Waals surface area contributed by atoms with E-state index in [9.17, 15) is 4.79 Å². The third-order valence-corrected chi connectivity index (χ3v) is 5.70. The first-order valence-corrected chi connectivity index (χ1v) is 11.4. The van der Waals surface area contributed by atoms with E-state index >= 15 is 0 Å². The van der Waals surface area contributed by atoms with Gasteiger partial charge in [-0.1, -0.05) is 19.9 Å². The molecule has 2 N–H and O–H groups in total. The predicted molar refractivity (Wildman–Crippen MR) is 135 cm³/mol. The molecule has 1 amide bonds. The summed E-state index contributed by atoms with van der Waals surface area (Å²) < 4.78 is 16.9. The van der Waals surface area contributed by atoms with Crippen molar-refractivity contribution in [1.82, 2.24) is 10.3 Å². The lowest BCUT2D eigenvalue weighted by atomic mass is 10.0. The molecule has 0 bridgehead atoms. The van der Waals surface area contributed by atoms with Gasteiger partial charge in [0.15, 0.2) is 22.2 Å². The average molecular weight is 474 g/mol. The minimum atomic E-state index is -0.335. The van der Waals surface area contributed by atoms with E-state index in [4.69, 9.17) is 26.1 Å². The van der Waals surface area contributed by atoms with Crippen LogP contribution in [0.15, 0.2) is 65.1 Å². The number of rotatable bonds is 4. The van der Waals surface area contributed by atoms with Crippen molar-refractivity contribution in [3.8, 4) is 23.0 Å². The number of anilines is 1. The fourth-order valence-electron chi connectivity index (χ4n) is 3.65. The van der Waals surface area contributed by atoms with Crippen molar-refractivity contribution < 1.29 is 18.7 Å². The lowest BCUT2D eigenvalue weighted by Crippen LogP contribution is -2.34. The zero-order chi connectivity index (χ0) is 23.7. The molecule has 0 unspecified atom stereocenters. The lowest BCUT2D eigenvalue weighted by molar-refractivity contribution is 0.0976. The smallest absolute Gasteiger partial charge is 0.257 e. The van der Waals surface area contributed by atoms with E-state index in [1.807, 2.05) is 30.3 Å². The van der Waals surface area contributed by atoms with Crippen LogP contribution in [0.2, 0.25) is 0 Å². The Balaban J connectivity index is 1.24. The molecule has 0 saturated carbocycles. The Kier molecular flexibility index (Phi) is 5.90. The number of thiocarbonyl (C=S) groups is 1. The summed E-state index contributed by atoms with van der Waals surface area (Å²) in [4.78, 5) is 17.2. The minimum absolute atomic E-state index is 0.190. The van der Waals surface area contributed by atoms with Gasteiger partial charge < -0.3 is 19.2 Å². The summed E-state index contributed by atoms with van der Waals surface area (Å²) in [5.41, 5.74) is 4.82. The second-order valence-electron chi connectivity index (χ2n) is 8.24. The van der Waals surface area contributed by atoms with Crippen molar-refractivity contribution >= 4 is 40.0 Å². The van der Waals surface area contributed by atoms with Crippen LogP contribution in [0.25, 0.3) is 22.6 Å². The van der Waals surface area contributed by atoms with Gasteiger partial charge in [-0.25, -0.2) is 4.98 Å². The molecule has 0 radical (unpaired) electrons. The number of hydrogen-bond donors (Lipinski definition) is 2. The standard InChI is InChI=1S/C26H23N3O4S/c1-15(2)17-5-9-21-20(13-17)28-25(33-21)16-3-7-19(8-4-16)27-26(34)29-24(30)18-6-10-22-23(14-18)32-12-11-31-22/h3-10,13-15H,11-12H2,1-2H3,(H2,27,29,30,34). The summed E-state index contributed by atoms with van der Waals surface area (Å²) in [6, 6.07) is 18.6. The van der Waals surface area contributed by atoms with E-state index in [1.165, 1.54) is 5.56 Å². The molecule has 2 heterocycles. The highest BCUT2D eigenvalue weighted by Crippen LogP contribution is 2.31. The molecule has 1 aliphatic rings. The average Bonchev–Trinajstić information content (AvgIpc) is 3.27. The van der Waals surface area contributed by atoms with Crippen LogP contribution in [0.5, 0.6) is 11.5 Å². The number of benzene rings is 3. The van der Waals surface area contributed by atoms with Crippen LogP contribution in [-0.2, 0) is 0 Å². The largest absolute Gasteiger partial charge is 0.486 e. The van der Waals surface area contributed by atoms with E-state index in [1.54, 1.807) is 18.2 Å². The third-order valence-electron chi connectivity index (χ3n) is 5.50. The number of nitrogens with zero attached hydrogens (tertiary/aromatic N) is 1. The molecule has 0 atom stereocenters. The fraction of sp³-hybridized carbons (Fsp3) is 0.192. The number of oxazole rings is 1.